The second kappa shape index (κ2) is 6.44. The van der Waals surface area contributed by atoms with Crippen molar-refractivity contribution in [1.29, 1.82) is 0 Å². The topological polar surface area (TPSA) is 46.3 Å². The number of nitrogens with zero attached hydrogens (tertiary/aromatic N) is 1. The van der Waals surface area contributed by atoms with Crippen LogP contribution in [0.1, 0.15) is 18.1 Å². The number of rotatable bonds is 5. The Kier molecular flexibility index (Phi) is 4.63. The van der Waals surface area contributed by atoms with Gasteiger partial charge in [-0.2, -0.15) is 0 Å². The summed E-state index contributed by atoms with van der Waals surface area (Å²) in [6.07, 6.45) is 0.857. The number of carbonyl (C=O) groups excluding carboxylic acids is 1. The fraction of sp³-hybridized carbons (Fsp3) is 0.278. The summed E-state index contributed by atoms with van der Waals surface area (Å²) in [5, 5.41) is 0. The molecule has 0 aromatic heterocycles. The molecule has 2 aromatic carbocycles. The highest BCUT2D eigenvalue weighted by atomic mass is 16.2. The Balaban J connectivity index is 2.32. The molecular formula is C18H22N2O. The molecule has 0 aliphatic rings. The lowest BCUT2D eigenvalue weighted by Gasteiger charge is -2.34. The maximum Gasteiger partial charge on any atom is 0.314 e. The van der Waals surface area contributed by atoms with Gasteiger partial charge in [0.1, 0.15) is 0 Å². The summed E-state index contributed by atoms with van der Waals surface area (Å²) in [5.74, 6) is 0. The van der Waals surface area contributed by atoms with Crippen LogP contribution >= 0.6 is 0 Å². The molecule has 3 heteroatoms. The average molecular weight is 282 g/mol. The lowest BCUT2D eigenvalue weighted by Crippen LogP contribution is -2.43. The number of carbonyl (C=O) groups is 1. The van der Waals surface area contributed by atoms with E-state index in [4.69, 9.17) is 5.73 Å². The molecule has 110 valence electrons. The molecule has 0 bridgehead atoms. The molecule has 2 amide bonds. The van der Waals surface area contributed by atoms with Gasteiger partial charge >= 0.3 is 6.03 Å². The van der Waals surface area contributed by atoms with Crippen LogP contribution in [0.3, 0.4) is 0 Å². The monoisotopic (exact) mass is 282 g/mol. The molecule has 0 aliphatic heterocycles. The Bertz CT molecular complexity index is 583. The van der Waals surface area contributed by atoms with Crippen LogP contribution in [-0.4, -0.2) is 24.5 Å². The van der Waals surface area contributed by atoms with E-state index in [0.717, 1.165) is 6.42 Å². The van der Waals surface area contributed by atoms with E-state index < -0.39 is 6.03 Å². The summed E-state index contributed by atoms with van der Waals surface area (Å²) in [6.45, 7) is 2.76. The Morgan fingerprint density at radius 2 is 1.57 bits per heavy atom. The van der Waals surface area contributed by atoms with E-state index in [2.05, 4.69) is 31.2 Å². The summed E-state index contributed by atoms with van der Waals surface area (Å²) in [7, 11) is 1.74. The molecule has 0 heterocycles. The smallest absolute Gasteiger partial charge is 0.314 e. The minimum atomic E-state index is -0.398. The lowest BCUT2D eigenvalue weighted by molar-refractivity contribution is 0.205. The lowest BCUT2D eigenvalue weighted by atomic mass is 9.77. The Morgan fingerprint density at radius 3 is 2.10 bits per heavy atom. The number of hydrogen-bond acceptors (Lipinski definition) is 1. The van der Waals surface area contributed by atoms with Gasteiger partial charge in [-0.15, -0.1) is 0 Å². The standard InChI is InChI=1S/C18H22N2O/c1-18(14-20(2)17(19)21,16-11-7-4-8-12-16)13-15-9-5-3-6-10-15/h3-12H,13-14H2,1-2H3,(H2,19,21). The van der Waals surface area contributed by atoms with Crippen molar-refractivity contribution in [2.45, 2.75) is 18.8 Å². The van der Waals surface area contributed by atoms with Crippen molar-refractivity contribution in [2.75, 3.05) is 13.6 Å². The number of primary amides is 1. The number of amides is 2. The third-order valence-electron chi connectivity index (χ3n) is 3.87. The van der Waals surface area contributed by atoms with Gasteiger partial charge in [0, 0.05) is 19.0 Å². The highest BCUT2D eigenvalue weighted by Crippen LogP contribution is 2.29. The minimum Gasteiger partial charge on any atom is -0.351 e. The van der Waals surface area contributed by atoms with Crippen LogP contribution in [0, 0.1) is 0 Å². The van der Waals surface area contributed by atoms with Gasteiger partial charge in [0.25, 0.3) is 0 Å². The van der Waals surface area contributed by atoms with Crippen LogP contribution in [0.15, 0.2) is 60.7 Å². The van der Waals surface area contributed by atoms with Gasteiger partial charge in [0.15, 0.2) is 0 Å². The first-order valence-corrected chi connectivity index (χ1v) is 7.11. The van der Waals surface area contributed by atoms with E-state index >= 15 is 0 Å². The van der Waals surface area contributed by atoms with Gasteiger partial charge in [0.2, 0.25) is 0 Å². The molecule has 0 saturated carbocycles. The van der Waals surface area contributed by atoms with Crippen molar-refractivity contribution in [3.05, 3.63) is 71.8 Å². The molecule has 0 spiro atoms. The second-order valence-electron chi connectivity index (χ2n) is 5.78. The van der Waals surface area contributed by atoms with Crippen molar-refractivity contribution in [3.8, 4) is 0 Å². The summed E-state index contributed by atoms with van der Waals surface area (Å²) in [4.78, 5) is 13.0. The summed E-state index contributed by atoms with van der Waals surface area (Å²) in [5.41, 5.74) is 7.69. The van der Waals surface area contributed by atoms with Crippen molar-refractivity contribution in [3.63, 3.8) is 0 Å². The highest BCUT2D eigenvalue weighted by molar-refractivity contribution is 5.71. The molecular weight excluding hydrogens is 260 g/mol. The average Bonchev–Trinajstić information content (AvgIpc) is 2.49. The maximum atomic E-state index is 11.4. The van der Waals surface area contributed by atoms with Gasteiger partial charge in [-0.1, -0.05) is 67.6 Å². The Hall–Kier alpha value is -2.29. The van der Waals surface area contributed by atoms with E-state index in [0.29, 0.717) is 6.54 Å². The summed E-state index contributed by atoms with van der Waals surface area (Å²) < 4.78 is 0. The van der Waals surface area contributed by atoms with Crippen molar-refractivity contribution in [1.82, 2.24) is 4.90 Å². The minimum absolute atomic E-state index is 0.174. The third kappa shape index (κ3) is 3.85. The predicted octanol–water partition coefficient (Wildman–Crippen LogP) is 3.20. The number of hydrogen-bond donors (Lipinski definition) is 1. The number of likely N-dealkylation sites (N-methyl/N-ethyl adjacent to an activating group) is 1. The molecule has 21 heavy (non-hydrogen) atoms. The Morgan fingerprint density at radius 1 is 1.05 bits per heavy atom. The SMILES string of the molecule is CN(CC(C)(Cc1ccccc1)c1ccccc1)C(N)=O. The fourth-order valence-corrected chi connectivity index (χ4v) is 2.74. The van der Waals surface area contributed by atoms with E-state index in [-0.39, 0.29) is 5.41 Å². The molecule has 0 radical (unpaired) electrons. The molecule has 1 atom stereocenters. The zero-order valence-corrected chi connectivity index (χ0v) is 12.6. The Labute approximate surface area is 126 Å². The zero-order chi connectivity index (χ0) is 15.3. The molecule has 2 rings (SSSR count). The van der Waals surface area contributed by atoms with Crippen LogP contribution in [0.5, 0.6) is 0 Å². The summed E-state index contributed by atoms with van der Waals surface area (Å²) >= 11 is 0. The van der Waals surface area contributed by atoms with Crippen LogP contribution < -0.4 is 5.73 Å². The van der Waals surface area contributed by atoms with E-state index in [1.165, 1.54) is 11.1 Å². The van der Waals surface area contributed by atoms with Gasteiger partial charge in [-0.3, -0.25) is 0 Å². The van der Waals surface area contributed by atoms with Gasteiger partial charge in [0.05, 0.1) is 0 Å². The largest absolute Gasteiger partial charge is 0.351 e. The van der Waals surface area contributed by atoms with Crippen LogP contribution in [0.25, 0.3) is 0 Å². The van der Waals surface area contributed by atoms with Gasteiger partial charge in [-0.25, -0.2) is 4.79 Å². The second-order valence-corrected chi connectivity index (χ2v) is 5.78. The molecule has 0 aliphatic carbocycles. The van der Waals surface area contributed by atoms with Gasteiger partial charge in [-0.05, 0) is 17.5 Å². The van der Waals surface area contributed by atoms with Crippen molar-refractivity contribution in [2.24, 2.45) is 5.73 Å². The van der Waals surface area contributed by atoms with E-state index in [9.17, 15) is 4.79 Å². The first-order chi connectivity index (χ1) is 10.0. The third-order valence-corrected chi connectivity index (χ3v) is 3.87. The van der Waals surface area contributed by atoms with Gasteiger partial charge < -0.3 is 10.6 Å². The van der Waals surface area contributed by atoms with Crippen molar-refractivity contribution < 1.29 is 4.79 Å². The first kappa shape index (κ1) is 15.1. The predicted molar refractivity (Wildman–Crippen MR) is 86.2 cm³/mol. The number of nitrogens with two attached hydrogens (primary N) is 1. The summed E-state index contributed by atoms with van der Waals surface area (Å²) in [6, 6.07) is 20.2. The quantitative estimate of drug-likeness (QED) is 0.899. The first-order valence-electron chi connectivity index (χ1n) is 7.11. The van der Waals surface area contributed by atoms with E-state index in [1.807, 2.05) is 36.4 Å². The molecule has 0 saturated heterocycles. The van der Waals surface area contributed by atoms with Crippen molar-refractivity contribution >= 4 is 6.03 Å². The number of urea groups is 1. The zero-order valence-electron chi connectivity index (χ0n) is 12.6. The number of benzene rings is 2. The fourth-order valence-electron chi connectivity index (χ4n) is 2.74. The molecule has 1 unspecified atom stereocenters. The maximum absolute atomic E-state index is 11.4. The van der Waals surface area contributed by atoms with Crippen LogP contribution in [0.2, 0.25) is 0 Å². The molecule has 0 fully saturated rings. The highest BCUT2D eigenvalue weighted by Gasteiger charge is 2.29. The van der Waals surface area contributed by atoms with Crippen LogP contribution in [0.4, 0.5) is 4.79 Å². The normalized spacial score (nSPS) is 13.4. The van der Waals surface area contributed by atoms with Crippen LogP contribution in [-0.2, 0) is 11.8 Å². The molecule has 2 N–H and O–H groups in total. The molecule has 3 nitrogen and oxygen atoms in total. The molecule has 2 aromatic rings. The van der Waals surface area contributed by atoms with E-state index in [1.54, 1.807) is 11.9 Å².